The van der Waals surface area contributed by atoms with Crippen molar-refractivity contribution in [2.75, 3.05) is 6.26 Å². The predicted molar refractivity (Wildman–Crippen MR) is 81.3 cm³/mol. The first-order chi connectivity index (χ1) is 9.22. The maximum atomic E-state index is 11.1. The summed E-state index contributed by atoms with van der Waals surface area (Å²) in [6.45, 7) is 0. The van der Waals surface area contributed by atoms with Gasteiger partial charge in [0, 0.05) is 17.5 Å². The lowest BCUT2D eigenvalue weighted by molar-refractivity contribution is -0.385. The molecule has 0 heterocycles. The van der Waals surface area contributed by atoms with E-state index in [4.69, 9.17) is 43.0 Å². The summed E-state index contributed by atoms with van der Waals surface area (Å²) < 4.78 is 24.8. The Kier molecular flexibility index (Phi) is 4.92. The molecule has 102 valence electrons. The van der Waals surface area contributed by atoms with Gasteiger partial charge in [0.1, 0.15) is 15.7 Å². The Hall–Kier alpha value is -0.920. The molecule has 0 saturated heterocycles. The fraction of sp³-hybridized carbons (Fsp3) is 0.333. The van der Waals surface area contributed by atoms with Crippen LogP contribution in [0.15, 0.2) is 18.2 Å². The molecule has 0 aliphatic rings. The van der Waals surface area contributed by atoms with Crippen LogP contribution in [0.5, 0.6) is 0 Å². The van der Waals surface area contributed by atoms with Gasteiger partial charge < -0.3 is 0 Å². The van der Waals surface area contributed by atoms with Crippen molar-refractivity contribution in [2.45, 2.75) is 10.1 Å². The zero-order valence-corrected chi connectivity index (χ0v) is 12.4. The quantitative estimate of drug-likeness (QED) is 0.245. The number of nitro groups is 1. The predicted octanol–water partition coefficient (Wildman–Crippen LogP) is -0.296. The van der Waals surface area contributed by atoms with Gasteiger partial charge in [-0.1, -0.05) is 6.07 Å². The van der Waals surface area contributed by atoms with E-state index < -0.39 is 30.8 Å². The van der Waals surface area contributed by atoms with Crippen LogP contribution in [0, 0.1) is 10.1 Å². The smallest absolute Gasteiger partial charge is 0.270 e. The Balaban J connectivity index is 3.48. The SMILES string of the molecule is [B]C([B])(Cl)c1cc([N+](=O)[O-])cc(C([B])([B])OS(C)(=O)=O)c1. The van der Waals surface area contributed by atoms with Crippen LogP contribution in [0.25, 0.3) is 0 Å². The average molecular weight is 319 g/mol. The molecular weight excluding hydrogens is 313 g/mol. The van der Waals surface area contributed by atoms with Crippen LogP contribution in [0.4, 0.5) is 5.69 Å². The van der Waals surface area contributed by atoms with E-state index in [1.165, 1.54) is 0 Å². The third kappa shape index (κ3) is 5.09. The molecule has 0 amide bonds. The first-order valence-corrected chi connectivity index (χ1v) is 7.47. The summed E-state index contributed by atoms with van der Waals surface area (Å²) in [5.74, 6) is 0. The van der Waals surface area contributed by atoms with Crippen LogP contribution in [-0.2, 0) is 24.4 Å². The van der Waals surface area contributed by atoms with Gasteiger partial charge in [0.05, 0.1) is 26.9 Å². The molecule has 12 heteroatoms. The number of rotatable bonds is 5. The molecule has 1 aromatic rings. The largest absolute Gasteiger partial charge is 0.279 e. The lowest BCUT2D eigenvalue weighted by Crippen LogP contribution is -2.34. The van der Waals surface area contributed by atoms with Crippen LogP contribution in [-0.4, -0.2) is 51.0 Å². The van der Waals surface area contributed by atoms with Gasteiger partial charge in [-0.25, -0.2) is 0 Å². The van der Waals surface area contributed by atoms with E-state index in [1.807, 2.05) is 0 Å². The minimum atomic E-state index is -4.03. The molecule has 0 fully saturated rings. The Morgan fingerprint density at radius 3 is 2.05 bits per heavy atom. The van der Waals surface area contributed by atoms with E-state index in [1.54, 1.807) is 0 Å². The van der Waals surface area contributed by atoms with Gasteiger partial charge >= 0.3 is 0 Å². The van der Waals surface area contributed by atoms with E-state index >= 15 is 0 Å². The van der Waals surface area contributed by atoms with Gasteiger partial charge in [0.2, 0.25) is 0 Å². The summed E-state index contributed by atoms with van der Waals surface area (Å²) >= 11 is 5.68. The van der Waals surface area contributed by atoms with Gasteiger partial charge in [-0.2, -0.15) is 8.42 Å². The van der Waals surface area contributed by atoms with E-state index in [0.29, 0.717) is 0 Å². The zero-order valence-electron chi connectivity index (χ0n) is 10.8. The second-order valence-electron chi connectivity index (χ2n) is 4.37. The number of nitro benzene ring substituents is 1. The molecule has 21 heavy (non-hydrogen) atoms. The summed E-state index contributed by atoms with van der Waals surface area (Å²) in [7, 11) is 17.9. The van der Waals surface area contributed by atoms with Crippen molar-refractivity contribution in [3.63, 3.8) is 0 Å². The molecule has 0 aliphatic heterocycles. The van der Waals surface area contributed by atoms with Crippen molar-refractivity contribution < 1.29 is 17.5 Å². The number of nitrogens with zero attached hydrogens (tertiary/aromatic N) is 1. The van der Waals surface area contributed by atoms with Crippen molar-refractivity contribution in [1.29, 1.82) is 0 Å². The second-order valence-corrected chi connectivity index (χ2v) is 6.57. The third-order valence-electron chi connectivity index (χ3n) is 2.31. The van der Waals surface area contributed by atoms with Crippen LogP contribution in [0.3, 0.4) is 0 Å². The molecule has 0 spiro atoms. The summed E-state index contributed by atoms with van der Waals surface area (Å²) in [6.07, 6.45) is 0.720. The summed E-state index contributed by atoms with van der Waals surface area (Å²) in [5.41, 5.74) is -0.815. The monoisotopic (exact) mass is 319 g/mol. The number of hydrogen-bond acceptors (Lipinski definition) is 5. The molecule has 8 radical (unpaired) electrons. The molecule has 6 nitrogen and oxygen atoms in total. The molecule has 0 atom stereocenters. The molecular formula is C9H6B4ClNO5S. The van der Waals surface area contributed by atoms with Crippen molar-refractivity contribution in [2.24, 2.45) is 0 Å². The average Bonchev–Trinajstić information content (AvgIpc) is 2.23. The lowest BCUT2D eigenvalue weighted by atomic mass is 9.59. The highest BCUT2D eigenvalue weighted by Crippen LogP contribution is 2.31. The van der Waals surface area contributed by atoms with E-state index in [-0.39, 0.29) is 11.1 Å². The first-order valence-electron chi connectivity index (χ1n) is 5.28. The van der Waals surface area contributed by atoms with E-state index in [2.05, 4.69) is 4.18 Å². The summed E-state index contributed by atoms with van der Waals surface area (Å²) in [6, 6.07) is 3.05. The Labute approximate surface area is 132 Å². The van der Waals surface area contributed by atoms with Gasteiger partial charge in [-0.05, 0) is 15.8 Å². The standard InChI is InChI=1S/C9H6B4ClNO5S/c1-21(18,19)20-9(12,13)6-2-5(8(10,11)14)3-7(4-6)15(16)17/h2-4H,1H3. The normalized spacial score (nSPS) is 13.0. The zero-order chi connectivity index (χ0) is 16.6. The molecule has 0 N–H and O–H groups in total. The minimum absolute atomic E-state index is 0.0919. The van der Waals surface area contributed by atoms with Crippen molar-refractivity contribution in [3.8, 4) is 0 Å². The van der Waals surface area contributed by atoms with Crippen molar-refractivity contribution in [3.05, 3.63) is 39.4 Å². The van der Waals surface area contributed by atoms with Crippen LogP contribution in [0.1, 0.15) is 11.1 Å². The Morgan fingerprint density at radius 2 is 1.67 bits per heavy atom. The van der Waals surface area contributed by atoms with E-state index in [9.17, 15) is 18.5 Å². The Morgan fingerprint density at radius 1 is 1.19 bits per heavy atom. The highest BCUT2D eigenvalue weighted by atomic mass is 35.5. The second kappa shape index (κ2) is 5.70. The van der Waals surface area contributed by atoms with Gasteiger partial charge in [-0.3, -0.25) is 14.3 Å². The highest BCUT2D eigenvalue weighted by molar-refractivity contribution is 7.86. The maximum absolute atomic E-state index is 11.1. The topological polar surface area (TPSA) is 86.5 Å². The fourth-order valence-corrected chi connectivity index (χ4v) is 2.17. The van der Waals surface area contributed by atoms with Crippen molar-refractivity contribution >= 4 is 58.8 Å². The number of benzene rings is 1. The lowest BCUT2D eigenvalue weighted by Gasteiger charge is -2.27. The molecule has 0 unspecified atom stereocenters. The highest BCUT2D eigenvalue weighted by Gasteiger charge is 2.29. The number of non-ortho nitro benzene ring substituents is 1. The molecule has 1 aromatic carbocycles. The molecule has 1 rings (SSSR count). The molecule has 0 bridgehead atoms. The van der Waals surface area contributed by atoms with Gasteiger partial charge in [-0.15, -0.1) is 11.6 Å². The van der Waals surface area contributed by atoms with Gasteiger partial charge in [0.25, 0.3) is 15.8 Å². The fourth-order valence-electron chi connectivity index (χ4n) is 1.46. The first kappa shape index (κ1) is 18.1. The van der Waals surface area contributed by atoms with E-state index in [0.717, 1.165) is 24.5 Å². The number of halogens is 1. The maximum Gasteiger partial charge on any atom is 0.270 e. The summed E-state index contributed by atoms with van der Waals surface area (Å²) in [4.78, 5) is 10.1. The number of hydrogen-bond donors (Lipinski definition) is 0. The molecule has 0 saturated carbocycles. The molecule has 0 aliphatic carbocycles. The Bertz CT molecular complexity index is 673. The summed E-state index contributed by atoms with van der Waals surface area (Å²) in [5, 5.41) is 8.53. The third-order valence-corrected chi connectivity index (χ3v) is 3.11. The van der Waals surface area contributed by atoms with Gasteiger partial charge in [0.15, 0.2) is 0 Å². The van der Waals surface area contributed by atoms with Crippen LogP contribution < -0.4 is 0 Å². The van der Waals surface area contributed by atoms with Crippen molar-refractivity contribution in [1.82, 2.24) is 0 Å². The van der Waals surface area contributed by atoms with Crippen LogP contribution >= 0.6 is 11.6 Å². The molecule has 0 aromatic heterocycles. The minimum Gasteiger partial charge on any atom is -0.279 e. The van der Waals surface area contributed by atoms with Crippen LogP contribution in [0.2, 0.25) is 0 Å². The number of alkyl halides is 1.